The van der Waals surface area contributed by atoms with Crippen molar-refractivity contribution in [2.75, 3.05) is 13.6 Å². The lowest BCUT2D eigenvalue weighted by Crippen LogP contribution is -2.32. The van der Waals surface area contributed by atoms with Crippen LogP contribution in [0.2, 0.25) is 0 Å². The first-order chi connectivity index (χ1) is 10.3. The second-order valence-corrected chi connectivity index (χ2v) is 5.51. The Hall–Kier alpha value is -2.56. The normalized spacial score (nSPS) is 10.5. The number of aromatic nitrogens is 1. The molecule has 1 heterocycles. The Balaban J connectivity index is 2.43. The molecule has 1 amide bonds. The monoisotopic (exact) mass is 300 g/mol. The van der Waals surface area contributed by atoms with Crippen molar-refractivity contribution in [3.8, 4) is 5.69 Å². The van der Waals surface area contributed by atoms with E-state index in [1.807, 2.05) is 43.5 Å². The molecule has 0 radical (unpaired) electrons. The standard InChI is InChI=1S/C17H20N2O3/c1-11-6-5-7-14(8-11)19-12(2)9-15(13(19)3)17(22)18(4)10-16(20)21/h5-9H,10H2,1-4H3,(H,20,21). The van der Waals surface area contributed by atoms with Crippen LogP contribution in [0.25, 0.3) is 5.69 Å². The van der Waals surface area contributed by atoms with Crippen molar-refractivity contribution < 1.29 is 14.7 Å². The molecule has 0 unspecified atom stereocenters. The molecule has 116 valence electrons. The number of amides is 1. The first-order valence-corrected chi connectivity index (χ1v) is 7.04. The summed E-state index contributed by atoms with van der Waals surface area (Å²) in [7, 11) is 1.50. The summed E-state index contributed by atoms with van der Waals surface area (Å²) in [5.41, 5.74) is 4.42. The Morgan fingerprint density at radius 2 is 1.86 bits per heavy atom. The Kier molecular flexibility index (Phi) is 4.35. The van der Waals surface area contributed by atoms with Crippen LogP contribution in [0.4, 0.5) is 0 Å². The zero-order valence-electron chi connectivity index (χ0n) is 13.3. The highest BCUT2D eigenvalue weighted by Crippen LogP contribution is 2.22. The SMILES string of the molecule is Cc1cccc(-n2c(C)cc(C(=O)N(C)CC(=O)O)c2C)c1. The Morgan fingerprint density at radius 3 is 2.45 bits per heavy atom. The van der Waals surface area contributed by atoms with E-state index in [4.69, 9.17) is 5.11 Å². The van der Waals surface area contributed by atoms with E-state index < -0.39 is 5.97 Å². The van der Waals surface area contributed by atoms with Crippen molar-refractivity contribution in [1.29, 1.82) is 0 Å². The highest BCUT2D eigenvalue weighted by molar-refractivity contribution is 5.97. The van der Waals surface area contributed by atoms with Gasteiger partial charge in [0.25, 0.3) is 5.91 Å². The summed E-state index contributed by atoms with van der Waals surface area (Å²) in [6.07, 6.45) is 0. The average molecular weight is 300 g/mol. The van der Waals surface area contributed by atoms with Crippen molar-refractivity contribution in [3.63, 3.8) is 0 Å². The Labute approximate surface area is 129 Å². The van der Waals surface area contributed by atoms with Crippen LogP contribution in [0.15, 0.2) is 30.3 Å². The predicted molar refractivity (Wildman–Crippen MR) is 84.6 cm³/mol. The van der Waals surface area contributed by atoms with Gasteiger partial charge in [-0.3, -0.25) is 9.59 Å². The molecule has 0 fully saturated rings. The van der Waals surface area contributed by atoms with E-state index in [0.29, 0.717) is 5.56 Å². The molecule has 2 rings (SSSR count). The van der Waals surface area contributed by atoms with Crippen LogP contribution < -0.4 is 0 Å². The minimum Gasteiger partial charge on any atom is -0.480 e. The van der Waals surface area contributed by atoms with Crippen molar-refractivity contribution >= 4 is 11.9 Å². The van der Waals surface area contributed by atoms with E-state index in [1.54, 1.807) is 6.07 Å². The summed E-state index contributed by atoms with van der Waals surface area (Å²) in [6.45, 7) is 5.51. The lowest BCUT2D eigenvalue weighted by Gasteiger charge is -2.15. The molecule has 0 saturated heterocycles. The van der Waals surface area contributed by atoms with Gasteiger partial charge in [0.1, 0.15) is 6.54 Å². The van der Waals surface area contributed by atoms with Crippen LogP contribution in [0, 0.1) is 20.8 Å². The first-order valence-electron chi connectivity index (χ1n) is 7.04. The fraction of sp³-hybridized carbons (Fsp3) is 0.294. The number of likely N-dealkylation sites (N-methyl/N-ethyl adjacent to an activating group) is 1. The molecule has 5 heteroatoms. The molecular weight excluding hydrogens is 280 g/mol. The van der Waals surface area contributed by atoms with Crippen LogP contribution >= 0.6 is 0 Å². The predicted octanol–water partition coefficient (Wildman–Crippen LogP) is 2.56. The maximum absolute atomic E-state index is 12.4. The summed E-state index contributed by atoms with van der Waals surface area (Å²) in [5.74, 6) is -1.31. The van der Waals surface area contributed by atoms with E-state index in [-0.39, 0.29) is 12.5 Å². The molecule has 0 spiro atoms. The van der Waals surface area contributed by atoms with Crippen LogP contribution in [0.1, 0.15) is 27.3 Å². The molecule has 1 aromatic heterocycles. The molecule has 22 heavy (non-hydrogen) atoms. The molecule has 1 aromatic carbocycles. The van der Waals surface area contributed by atoms with Gasteiger partial charge in [0.05, 0.1) is 5.56 Å². The minimum absolute atomic E-state index is 0.283. The Morgan fingerprint density at radius 1 is 1.18 bits per heavy atom. The number of aryl methyl sites for hydroxylation is 2. The molecule has 0 aliphatic rings. The lowest BCUT2D eigenvalue weighted by atomic mass is 10.2. The van der Waals surface area contributed by atoms with Gasteiger partial charge in [0, 0.05) is 24.1 Å². The zero-order chi connectivity index (χ0) is 16.4. The van der Waals surface area contributed by atoms with Crippen LogP contribution in [0.5, 0.6) is 0 Å². The Bertz CT molecular complexity index is 732. The van der Waals surface area contributed by atoms with Crippen molar-refractivity contribution in [3.05, 3.63) is 52.8 Å². The average Bonchev–Trinajstić information content (AvgIpc) is 2.72. The lowest BCUT2D eigenvalue weighted by molar-refractivity contribution is -0.137. The molecule has 0 saturated carbocycles. The van der Waals surface area contributed by atoms with Crippen LogP contribution in [0.3, 0.4) is 0 Å². The third kappa shape index (κ3) is 3.03. The number of benzene rings is 1. The molecule has 5 nitrogen and oxygen atoms in total. The van der Waals surface area contributed by atoms with Gasteiger partial charge < -0.3 is 14.6 Å². The summed E-state index contributed by atoms with van der Waals surface area (Å²) in [5, 5.41) is 8.82. The number of carbonyl (C=O) groups excluding carboxylic acids is 1. The number of carboxylic acids is 1. The maximum Gasteiger partial charge on any atom is 0.323 e. The van der Waals surface area contributed by atoms with Gasteiger partial charge in [-0.05, 0) is 44.5 Å². The van der Waals surface area contributed by atoms with Gasteiger partial charge in [-0.2, -0.15) is 0 Å². The molecule has 1 N–H and O–H groups in total. The molecule has 2 aromatic rings. The second kappa shape index (κ2) is 6.05. The quantitative estimate of drug-likeness (QED) is 0.944. The third-order valence-electron chi connectivity index (χ3n) is 3.64. The van der Waals surface area contributed by atoms with Gasteiger partial charge in [-0.25, -0.2) is 0 Å². The van der Waals surface area contributed by atoms with Crippen molar-refractivity contribution in [1.82, 2.24) is 9.47 Å². The van der Waals surface area contributed by atoms with Gasteiger partial charge in [0.2, 0.25) is 0 Å². The molecular formula is C17H20N2O3. The maximum atomic E-state index is 12.4. The fourth-order valence-electron chi connectivity index (χ4n) is 2.62. The second-order valence-electron chi connectivity index (χ2n) is 5.51. The summed E-state index contributed by atoms with van der Waals surface area (Å²) in [4.78, 5) is 24.4. The molecule has 0 bridgehead atoms. The summed E-state index contributed by atoms with van der Waals surface area (Å²) >= 11 is 0. The highest BCUT2D eigenvalue weighted by Gasteiger charge is 2.20. The molecule has 0 atom stereocenters. The molecule has 0 aliphatic carbocycles. The summed E-state index contributed by atoms with van der Waals surface area (Å²) < 4.78 is 2.01. The number of carbonyl (C=O) groups is 2. The van der Waals surface area contributed by atoms with Crippen molar-refractivity contribution in [2.24, 2.45) is 0 Å². The third-order valence-corrected chi connectivity index (χ3v) is 3.64. The number of carboxylic acid groups (broad SMARTS) is 1. The first kappa shape index (κ1) is 15.8. The van der Waals surface area contributed by atoms with E-state index in [2.05, 4.69) is 6.07 Å². The topological polar surface area (TPSA) is 62.5 Å². The number of nitrogens with zero attached hydrogens (tertiary/aromatic N) is 2. The number of hydrogen-bond donors (Lipinski definition) is 1. The van der Waals surface area contributed by atoms with Gasteiger partial charge in [-0.15, -0.1) is 0 Å². The van der Waals surface area contributed by atoms with E-state index in [1.165, 1.54) is 11.9 Å². The van der Waals surface area contributed by atoms with Gasteiger partial charge >= 0.3 is 5.97 Å². The largest absolute Gasteiger partial charge is 0.480 e. The van der Waals surface area contributed by atoms with E-state index in [9.17, 15) is 9.59 Å². The summed E-state index contributed by atoms with van der Waals surface area (Å²) in [6, 6.07) is 9.84. The number of hydrogen-bond acceptors (Lipinski definition) is 2. The number of aliphatic carboxylic acids is 1. The van der Waals surface area contributed by atoms with E-state index in [0.717, 1.165) is 22.6 Å². The molecule has 0 aliphatic heterocycles. The van der Waals surface area contributed by atoms with Crippen molar-refractivity contribution in [2.45, 2.75) is 20.8 Å². The van der Waals surface area contributed by atoms with Gasteiger partial charge in [-0.1, -0.05) is 12.1 Å². The fourth-order valence-corrected chi connectivity index (χ4v) is 2.62. The van der Waals surface area contributed by atoms with Crippen LogP contribution in [-0.2, 0) is 4.79 Å². The highest BCUT2D eigenvalue weighted by atomic mass is 16.4. The van der Waals surface area contributed by atoms with E-state index >= 15 is 0 Å². The smallest absolute Gasteiger partial charge is 0.323 e. The van der Waals surface area contributed by atoms with Crippen LogP contribution in [-0.4, -0.2) is 40.0 Å². The van der Waals surface area contributed by atoms with Gasteiger partial charge in [0.15, 0.2) is 0 Å². The minimum atomic E-state index is -1.02. The zero-order valence-corrected chi connectivity index (χ0v) is 13.3. The number of rotatable bonds is 4.